The third-order valence-corrected chi connectivity index (χ3v) is 3.72. The first-order valence-electron chi connectivity index (χ1n) is 6.14. The molecule has 110 valence electrons. The van der Waals surface area contributed by atoms with Gasteiger partial charge in [0.1, 0.15) is 0 Å². The molecule has 0 N–H and O–H groups in total. The van der Waals surface area contributed by atoms with Gasteiger partial charge < -0.3 is 4.74 Å². The number of ether oxygens (including phenoxy) is 1. The Morgan fingerprint density at radius 1 is 1.48 bits per heavy atom. The normalized spacial score (nSPS) is 10.5. The van der Waals surface area contributed by atoms with E-state index >= 15 is 0 Å². The minimum Gasteiger partial charge on any atom is -0.464 e. The van der Waals surface area contributed by atoms with Gasteiger partial charge in [-0.15, -0.1) is 0 Å². The molecule has 0 radical (unpaired) electrons. The van der Waals surface area contributed by atoms with Crippen LogP contribution < -0.4 is 5.43 Å². The number of aryl methyl sites for hydroxylation is 1. The largest absolute Gasteiger partial charge is 0.464 e. The molecule has 0 saturated carbocycles. The van der Waals surface area contributed by atoms with Crippen LogP contribution in [0.3, 0.4) is 0 Å². The Morgan fingerprint density at radius 2 is 2.19 bits per heavy atom. The first-order chi connectivity index (χ1) is 9.97. The summed E-state index contributed by atoms with van der Waals surface area (Å²) in [6.07, 6.45) is 2.04. The van der Waals surface area contributed by atoms with E-state index < -0.39 is 11.4 Å². The molecule has 1 heterocycles. The Morgan fingerprint density at radius 3 is 2.81 bits per heavy atom. The molecule has 2 rings (SSSR count). The Hall–Kier alpha value is -1.66. The molecule has 0 aliphatic rings. The van der Waals surface area contributed by atoms with Gasteiger partial charge in [-0.2, -0.15) is 5.10 Å². The van der Waals surface area contributed by atoms with E-state index in [1.807, 2.05) is 6.92 Å². The molecular formula is C14H12BrClN2O3. The molecule has 0 bridgehead atoms. The Labute approximate surface area is 134 Å². The summed E-state index contributed by atoms with van der Waals surface area (Å²) in [5.41, 5.74) is 0.340. The summed E-state index contributed by atoms with van der Waals surface area (Å²) < 4.78 is 6.83. The lowest BCUT2D eigenvalue weighted by atomic mass is 10.2. The number of halogens is 2. The van der Waals surface area contributed by atoms with E-state index in [1.54, 1.807) is 24.4 Å². The van der Waals surface area contributed by atoms with Crippen LogP contribution in [-0.4, -0.2) is 22.9 Å². The molecule has 21 heavy (non-hydrogen) atoms. The van der Waals surface area contributed by atoms with Gasteiger partial charge in [-0.05, 0) is 24.6 Å². The maximum Gasteiger partial charge on any atom is 0.362 e. The lowest BCUT2D eigenvalue weighted by Gasteiger charge is -2.11. The van der Waals surface area contributed by atoms with Crippen molar-refractivity contribution < 1.29 is 9.53 Å². The van der Waals surface area contributed by atoms with Gasteiger partial charge >= 0.3 is 5.97 Å². The highest BCUT2D eigenvalue weighted by Gasteiger charge is 2.18. The maximum absolute atomic E-state index is 12.1. The van der Waals surface area contributed by atoms with Gasteiger partial charge in [0.2, 0.25) is 11.1 Å². The minimum absolute atomic E-state index is 0.257. The lowest BCUT2D eigenvalue weighted by Crippen LogP contribution is -2.25. The zero-order valence-electron chi connectivity index (χ0n) is 11.4. The fourth-order valence-corrected chi connectivity index (χ4v) is 2.36. The third-order valence-electron chi connectivity index (χ3n) is 2.91. The van der Waals surface area contributed by atoms with E-state index in [0.717, 1.165) is 4.47 Å². The van der Waals surface area contributed by atoms with Crippen molar-refractivity contribution in [2.75, 3.05) is 7.11 Å². The summed E-state index contributed by atoms with van der Waals surface area (Å²) >= 11 is 9.51. The van der Waals surface area contributed by atoms with Crippen LogP contribution in [-0.2, 0) is 11.2 Å². The fourth-order valence-electron chi connectivity index (χ4n) is 1.81. The standard InChI is InChI=1S/C14H12BrClN2O3/c1-3-8-7-18(11-6-9(15)4-5-10(11)16)17-12(13(8)19)14(20)21-2/h4-7H,3H2,1-2H3. The number of carbonyl (C=O) groups is 1. The van der Waals surface area contributed by atoms with Crippen molar-refractivity contribution in [2.45, 2.75) is 13.3 Å². The molecule has 0 spiro atoms. The smallest absolute Gasteiger partial charge is 0.362 e. The van der Waals surface area contributed by atoms with Gasteiger partial charge in [0, 0.05) is 16.2 Å². The Balaban J connectivity index is 2.72. The molecule has 0 aliphatic carbocycles. The van der Waals surface area contributed by atoms with Gasteiger partial charge in [0.05, 0.1) is 17.8 Å². The molecule has 0 atom stereocenters. The van der Waals surface area contributed by atoms with Crippen molar-refractivity contribution in [3.05, 3.63) is 55.4 Å². The van der Waals surface area contributed by atoms with Crippen molar-refractivity contribution in [3.8, 4) is 5.69 Å². The first-order valence-corrected chi connectivity index (χ1v) is 7.31. The molecule has 0 aliphatic heterocycles. The summed E-state index contributed by atoms with van der Waals surface area (Å²) in [6, 6.07) is 5.24. The van der Waals surface area contributed by atoms with Crippen molar-refractivity contribution in [3.63, 3.8) is 0 Å². The number of benzene rings is 1. The SMILES string of the molecule is CCc1cn(-c2cc(Br)ccc2Cl)nc(C(=O)OC)c1=O. The van der Waals surface area contributed by atoms with Crippen LogP contribution in [0.15, 0.2) is 33.7 Å². The second kappa shape index (κ2) is 6.41. The second-order valence-electron chi connectivity index (χ2n) is 4.22. The van der Waals surface area contributed by atoms with E-state index in [2.05, 4.69) is 25.8 Å². The highest BCUT2D eigenvalue weighted by Crippen LogP contribution is 2.24. The maximum atomic E-state index is 12.1. The van der Waals surface area contributed by atoms with Gasteiger partial charge in [0.25, 0.3) is 0 Å². The number of hydrogen-bond donors (Lipinski definition) is 0. The molecule has 5 nitrogen and oxygen atoms in total. The van der Waals surface area contributed by atoms with E-state index in [4.69, 9.17) is 11.6 Å². The number of aromatic nitrogens is 2. The van der Waals surface area contributed by atoms with E-state index in [-0.39, 0.29) is 5.69 Å². The number of methoxy groups -OCH3 is 1. The van der Waals surface area contributed by atoms with Crippen LogP contribution in [0.4, 0.5) is 0 Å². The average molecular weight is 372 g/mol. The number of carbonyl (C=O) groups excluding carboxylic acids is 1. The summed E-state index contributed by atoms with van der Waals surface area (Å²) in [6.45, 7) is 1.82. The van der Waals surface area contributed by atoms with Gasteiger partial charge in [-0.1, -0.05) is 34.5 Å². The first kappa shape index (κ1) is 15.7. The summed E-state index contributed by atoms with van der Waals surface area (Å²) in [7, 11) is 1.21. The topological polar surface area (TPSA) is 61.2 Å². The van der Waals surface area contributed by atoms with E-state index in [9.17, 15) is 9.59 Å². The average Bonchev–Trinajstić information content (AvgIpc) is 2.49. The van der Waals surface area contributed by atoms with Gasteiger partial charge in [0.15, 0.2) is 0 Å². The van der Waals surface area contributed by atoms with Crippen LogP contribution in [0.25, 0.3) is 5.69 Å². The zero-order valence-corrected chi connectivity index (χ0v) is 13.7. The molecule has 2 aromatic rings. The second-order valence-corrected chi connectivity index (χ2v) is 5.54. The van der Waals surface area contributed by atoms with Crippen LogP contribution >= 0.6 is 27.5 Å². The molecule has 1 aromatic heterocycles. The third kappa shape index (κ3) is 3.16. The number of nitrogens with zero attached hydrogens (tertiary/aromatic N) is 2. The number of rotatable bonds is 3. The predicted octanol–water partition coefficient (Wildman–Crippen LogP) is 3.00. The van der Waals surface area contributed by atoms with Crippen LogP contribution in [0, 0.1) is 0 Å². The van der Waals surface area contributed by atoms with Crippen LogP contribution in [0.1, 0.15) is 23.0 Å². The molecule has 0 amide bonds. The number of esters is 1. The van der Waals surface area contributed by atoms with E-state index in [0.29, 0.717) is 22.7 Å². The molecule has 0 fully saturated rings. The lowest BCUT2D eigenvalue weighted by molar-refractivity contribution is 0.0590. The number of hydrogen-bond acceptors (Lipinski definition) is 4. The molecule has 7 heteroatoms. The summed E-state index contributed by atoms with van der Waals surface area (Å²) in [5, 5.41) is 4.50. The fraction of sp³-hybridized carbons (Fsp3) is 0.214. The van der Waals surface area contributed by atoms with E-state index in [1.165, 1.54) is 11.8 Å². The van der Waals surface area contributed by atoms with Crippen molar-refractivity contribution in [1.29, 1.82) is 0 Å². The quantitative estimate of drug-likeness (QED) is 0.778. The van der Waals surface area contributed by atoms with Crippen LogP contribution in [0.5, 0.6) is 0 Å². The van der Waals surface area contributed by atoms with Crippen LogP contribution in [0.2, 0.25) is 5.02 Å². The minimum atomic E-state index is -0.768. The molecule has 0 saturated heterocycles. The summed E-state index contributed by atoms with van der Waals surface area (Å²) in [5.74, 6) is -0.768. The summed E-state index contributed by atoms with van der Waals surface area (Å²) in [4.78, 5) is 23.8. The predicted molar refractivity (Wildman–Crippen MR) is 83.3 cm³/mol. The molecular weight excluding hydrogens is 360 g/mol. The van der Waals surface area contributed by atoms with Gasteiger partial charge in [-0.3, -0.25) is 4.79 Å². The Bertz CT molecular complexity index is 758. The van der Waals surface area contributed by atoms with Gasteiger partial charge in [-0.25, -0.2) is 9.48 Å². The zero-order chi connectivity index (χ0) is 15.6. The van der Waals surface area contributed by atoms with Crippen molar-refractivity contribution in [2.24, 2.45) is 0 Å². The van der Waals surface area contributed by atoms with Crippen molar-refractivity contribution in [1.82, 2.24) is 9.78 Å². The van der Waals surface area contributed by atoms with Crippen molar-refractivity contribution >= 4 is 33.5 Å². The Kier molecular flexibility index (Phi) is 4.80. The highest BCUT2D eigenvalue weighted by molar-refractivity contribution is 9.10. The molecule has 0 unspecified atom stereocenters. The molecule has 1 aromatic carbocycles. The monoisotopic (exact) mass is 370 g/mol. The highest BCUT2D eigenvalue weighted by atomic mass is 79.9.